The van der Waals surface area contributed by atoms with Crippen molar-refractivity contribution in [3.63, 3.8) is 0 Å². The predicted molar refractivity (Wildman–Crippen MR) is 559 cm³/mol. The van der Waals surface area contributed by atoms with Crippen molar-refractivity contribution >= 4 is 47.2 Å². The molecule has 0 radical (unpaired) electrons. The molecule has 2 fully saturated rings. The van der Waals surface area contributed by atoms with Crippen molar-refractivity contribution in [2.75, 3.05) is 108 Å². The number of rotatable bonds is 36. The van der Waals surface area contributed by atoms with Gasteiger partial charge < -0.3 is 80.4 Å². The van der Waals surface area contributed by atoms with Gasteiger partial charge in [0.05, 0.1) is 56.9 Å². The molecule has 0 aliphatic heterocycles. The van der Waals surface area contributed by atoms with Crippen LogP contribution in [0.15, 0.2) is 152 Å². The van der Waals surface area contributed by atoms with Gasteiger partial charge in [-0.25, -0.2) is 4.79 Å². The lowest BCUT2D eigenvalue weighted by atomic mass is 9.81. The lowest BCUT2D eigenvalue weighted by molar-refractivity contribution is -0.173. The zero-order chi connectivity index (χ0) is 102. The quantitative estimate of drug-likeness (QED) is 0.0181. The first kappa shape index (κ1) is 111. The molecule has 9 aliphatic rings. The molecule has 7 unspecified atom stereocenters. The van der Waals surface area contributed by atoms with Gasteiger partial charge in [0.2, 0.25) is 29.5 Å². The number of fused-ring (bicyclic) bond motifs is 7. The van der Waals surface area contributed by atoms with Crippen molar-refractivity contribution in [3.8, 4) is 46.0 Å². The molecule has 0 bridgehead atoms. The number of amides is 8. The summed E-state index contributed by atoms with van der Waals surface area (Å²) in [6.45, 7) is 12.1. The van der Waals surface area contributed by atoms with Gasteiger partial charge in [-0.2, -0.15) is 13.2 Å². The molecule has 23 nitrogen and oxygen atoms in total. The standard InChI is InChI=1S/C21H26N2O3.C17H23NO2.2C17H25NO2.C16H21NO2.C15H21NO2.C14H16F3NO2/c1-25-18-10-7-17(8-11-18)23-21(24)22-13-12-16-5-3-4-15-6-9-19(26-2)14-20(15)16;1-20-15-8-7-12-3-2-4-13(16(12)11-15)9-10-18-17(19)14-5-6-14;1-12(2)17(19)18-10-9-14-6-4-5-13-7-8-15(20-3)11-16(13)14;1-3-4-5-17(19)18-11-10-14-7-6-13-8-9-15(20-2)12-16(13)14;1-19-14-7-6-11-2-3-12(15(11)10-14)8-9-17-16(18)13-4-5-13;1-11(17)16-9-8-13-5-3-4-12-6-7-14(18-2)10-15(12)13;1-20-11-5-4-9-2-3-10(12(9)8-11)6-7-18-13(19)14(15,16)17/h6-11,14,16H,3-5,12-13H2,1-2H3,(H2,22,23,24);7-8,11,13-14H,2-6,9-10H2,1H3,(H,18,19);7-8,11-12,14H,4-6,9-10H2,1-3H3,(H,18,19);8-9,12,14H,3-7,10-11H2,1-2H3,(H,18,19);6-7,10,12-13H,2-5,8-9H2,1H3,(H,17,18);6-7,10,13H,3-5,8-9H2,1-2H3,(H,16,17);4-5,8,10H,2-3,6-7H2,1H3,(H,18,19). The Morgan fingerprint density at radius 3 is 0.867 bits per heavy atom. The number of halogens is 3. The molecule has 9 aliphatic carbocycles. The van der Waals surface area contributed by atoms with Crippen molar-refractivity contribution in [2.45, 2.75) is 281 Å². The van der Waals surface area contributed by atoms with Crippen LogP contribution in [-0.4, -0.2) is 150 Å². The molecular formula is C117H157F3N8O15. The van der Waals surface area contributed by atoms with E-state index in [1.54, 1.807) is 63.8 Å². The van der Waals surface area contributed by atoms with E-state index in [4.69, 9.17) is 37.9 Å². The monoisotopic (exact) mass is 1970 g/mol. The molecular weight excluding hydrogens is 1810 g/mol. The van der Waals surface area contributed by atoms with Gasteiger partial charge in [-0.1, -0.05) is 69.7 Å². The van der Waals surface area contributed by atoms with Crippen molar-refractivity contribution < 1.29 is 84.6 Å². The number of hydrogen-bond acceptors (Lipinski definition) is 15. The van der Waals surface area contributed by atoms with Gasteiger partial charge >= 0.3 is 18.1 Å². The molecule has 776 valence electrons. The van der Waals surface area contributed by atoms with E-state index in [1.807, 2.05) is 92.0 Å². The largest absolute Gasteiger partial charge is 0.497 e. The van der Waals surface area contributed by atoms with Crippen LogP contribution in [0, 0.1) is 17.8 Å². The molecule has 26 heteroatoms. The lowest BCUT2D eigenvalue weighted by Crippen LogP contribution is -2.37. The minimum atomic E-state index is -4.81. The summed E-state index contributed by atoms with van der Waals surface area (Å²) in [7, 11) is 13.4. The van der Waals surface area contributed by atoms with Gasteiger partial charge in [-0.3, -0.25) is 28.8 Å². The second-order valence-electron chi connectivity index (χ2n) is 39.4. The minimum Gasteiger partial charge on any atom is -0.497 e. The number of urea groups is 1. The van der Waals surface area contributed by atoms with Gasteiger partial charge in [0.1, 0.15) is 46.0 Å². The maximum Gasteiger partial charge on any atom is 0.471 e. The molecule has 0 heterocycles. The number of hydrogen-bond donors (Lipinski definition) is 8. The van der Waals surface area contributed by atoms with Crippen molar-refractivity contribution in [1.29, 1.82) is 0 Å². The van der Waals surface area contributed by atoms with Gasteiger partial charge in [-0.15, -0.1) is 0 Å². The summed E-state index contributed by atoms with van der Waals surface area (Å²) in [5, 5.41) is 22.8. The van der Waals surface area contributed by atoms with E-state index in [0.717, 1.165) is 218 Å². The van der Waals surface area contributed by atoms with Crippen LogP contribution in [0.1, 0.15) is 308 Å². The molecule has 0 saturated heterocycles. The smallest absolute Gasteiger partial charge is 0.471 e. The number of alkyl halides is 3. The van der Waals surface area contributed by atoms with Gasteiger partial charge in [0.25, 0.3) is 0 Å². The Morgan fingerprint density at radius 2 is 0.587 bits per heavy atom. The van der Waals surface area contributed by atoms with Crippen LogP contribution in [0.4, 0.5) is 23.7 Å². The summed E-state index contributed by atoms with van der Waals surface area (Å²) in [5.74, 6) is 10.2. The summed E-state index contributed by atoms with van der Waals surface area (Å²) >= 11 is 0. The third kappa shape index (κ3) is 35.2. The zero-order valence-corrected chi connectivity index (χ0v) is 86.5. The summed E-state index contributed by atoms with van der Waals surface area (Å²) in [5.41, 5.74) is 20.1. The highest BCUT2D eigenvalue weighted by Crippen LogP contribution is 2.45. The topological polar surface area (TPSA) is 290 Å². The van der Waals surface area contributed by atoms with Crippen LogP contribution in [0.3, 0.4) is 0 Å². The van der Waals surface area contributed by atoms with Crippen LogP contribution in [-0.2, 0) is 73.7 Å². The first-order chi connectivity index (χ1) is 69.2. The van der Waals surface area contributed by atoms with E-state index in [9.17, 15) is 46.7 Å². The maximum absolute atomic E-state index is 12.1. The number of nitrogens with one attached hydrogen (secondary N) is 8. The van der Waals surface area contributed by atoms with E-state index in [2.05, 4.69) is 123 Å². The normalized spacial score (nSPS) is 18.2. The summed E-state index contributed by atoms with van der Waals surface area (Å²) in [6.07, 6.45) is 29.6. The van der Waals surface area contributed by atoms with E-state index in [1.165, 1.54) is 137 Å². The third-order valence-electron chi connectivity index (χ3n) is 29.2. The maximum atomic E-state index is 12.1. The Bertz CT molecular complexity index is 5330. The second kappa shape index (κ2) is 57.5. The van der Waals surface area contributed by atoms with Gasteiger partial charge in [0.15, 0.2) is 0 Å². The molecule has 2 saturated carbocycles. The highest BCUT2D eigenvalue weighted by Gasteiger charge is 2.39. The highest BCUT2D eigenvalue weighted by molar-refractivity contribution is 5.89. The van der Waals surface area contributed by atoms with Crippen LogP contribution in [0.2, 0.25) is 0 Å². The van der Waals surface area contributed by atoms with Crippen LogP contribution >= 0.6 is 0 Å². The molecule has 0 aromatic heterocycles. The number of unbranched alkanes of at least 4 members (excludes halogenated alkanes) is 1. The number of carbonyl (C=O) groups excluding carboxylic acids is 7. The van der Waals surface area contributed by atoms with Crippen LogP contribution in [0.5, 0.6) is 46.0 Å². The molecule has 8 N–H and O–H groups in total. The fraction of sp³-hybridized carbons (Fsp3) is 0.530. The number of aryl methyl sites for hydroxylation is 7. The minimum absolute atomic E-state index is 0.0274. The highest BCUT2D eigenvalue weighted by atomic mass is 19.4. The molecule has 143 heavy (non-hydrogen) atoms. The van der Waals surface area contributed by atoms with E-state index in [-0.39, 0.29) is 53.9 Å². The molecule has 8 aromatic rings. The van der Waals surface area contributed by atoms with Gasteiger partial charge in [0, 0.05) is 82.6 Å². The molecule has 8 amide bonds. The average Bonchev–Trinajstić information content (AvgIpc) is 1.74. The Labute approximate surface area is 846 Å². The third-order valence-corrected chi connectivity index (χ3v) is 29.2. The summed E-state index contributed by atoms with van der Waals surface area (Å²) < 4.78 is 78.4. The first-order valence-corrected chi connectivity index (χ1v) is 52.3. The zero-order valence-electron chi connectivity index (χ0n) is 86.5. The first-order valence-electron chi connectivity index (χ1n) is 52.3. The number of benzene rings is 8. The van der Waals surface area contributed by atoms with Crippen molar-refractivity contribution in [1.82, 2.24) is 37.2 Å². The van der Waals surface area contributed by atoms with Crippen LogP contribution in [0.25, 0.3) is 0 Å². The van der Waals surface area contributed by atoms with E-state index < -0.39 is 12.1 Å². The number of ether oxygens (including phenoxy) is 8. The Hall–Kier alpha value is -12.0. The summed E-state index contributed by atoms with van der Waals surface area (Å²) in [4.78, 5) is 80.2. The lowest BCUT2D eigenvalue weighted by Gasteiger charge is -2.26. The Morgan fingerprint density at radius 1 is 0.322 bits per heavy atom. The van der Waals surface area contributed by atoms with E-state index >= 15 is 0 Å². The second-order valence-corrected chi connectivity index (χ2v) is 39.4. The average molecular weight is 1970 g/mol. The van der Waals surface area contributed by atoms with Crippen LogP contribution < -0.4 is 80.4 Å². The number of anilines is 1. The van der Waals surface area contributed by atoms with Crippen molar-refractivity contribution in [2.24, 2.45) is 17.8 Å². The SMILES string of the molecule is CCCCC(=O)NCCC1CCc2ccc(OC)cc21.COc1ccc(NC(=O)NCCC2CCCc3ccc(OC)cc32)cc1.COc1ccc2c(c1)C(CCNC(=O)C(C)C)CCC2.COc1ccc2c(c1)C(CCNC(=O)C(F)(F)F)CC2.COc1ccc2c(c1)C(CCNC(=O)C1CC1)CC2.COc1ccc2c(c1)C(CCNC(=O)C1CC1)CCC2.COc1ccc2c(c1)C(CCNC(C)=O)CCC2. The van der Waals surface area contributed by atoms with Crippen molar-refractivity contribution in [3.05, 3.63) is 230 Å². The molecule has 0 spiro atoms. The number of methoxy groups -OCH3 is 8. The molecule has 7 atom stereocenters. The fourth-order valence-electron chi connectivity index (χ4n) is 20.7. The van der Waals surface area contributed by atoms with E-state index in [0.29, 0.717) is 66.7 Å². The number of carbonyl (C=O) groups is 7. The fourth-order valence-corrected chi connectivity index (χ4v) is 20.7. The Kier molecular flexibility index (Phi) is 44.8. The van der Waals surface area contributed by atoms with Gasteiger partial charge in [-0.05, 0) is 421 Å². The summed E-state index contributed by atoms with van der Waals surface area (Å²) in [6, 6.07) is 51.2. The Balaban J connectivity index is 0.000000160. The molecule has 17 rings (SSSR count). The predicted octanol–water partition coefficient (Wildman–Crippen LogP) is 22.1. The molecule has 8 aromatic carbocycles.